The Balaban J connectivity index is 1.75. The highest BCUT2D eigenvalue weighted by molar-refractivity contribution is 5.86. The SMILES string of the molecule is C[C@@H](CO)NC(=O)C[C@H]1CC=CC[C@H](Cc2ccccc2)C(=O)OC[C@H](CC2CCCCC2)NC1=O. The Morgan fingerprint density at radius 3 is 2.47 bits per heavy atom. The smallest absolute Gasteiger partial charge is 0.309 e. The number of nitrogens with one attached hydrogen (secondary N) is 2. The van der Waals surface area contributed by atoms with Crippen LogP contribution in [0.2, 0.25) is 0 Å². The van der Waals surface area contributed by atoms with Crippen molar-refractivity contribution in [1.82, 2.24) is 10.6 Å². The Bertz CT molecular complexity index is 866. The van der Waals surface area contributed by atoms with Gasteiger partial charge in [-0.05, 0) is 44.1 Å². The Kier molecular flexibility index (Phi) is 11.5. The zero-order chi connectivity index (χ0) is 25.8. The highest BCUT2D eigenvalue weighted by Gasteiger charge is 2.28. The molecule has 2 aliphatic rings. The first-order valence-corrected chi connectivity index (χ1v) is 13.5. The molecule has 1 aromatic rings. The highest BCUT2D eigenvalue weighted by Crippen LogP contribution is 2.28. The molecule has 7 heteroatoms. The van der Waals surface area contributed by atoms with Gasteiger partial charge in [-0.1, -0.05) is 74.6 Å². The van der Waals surface area contributed by atoms with Crippen molar-refractivity contribution in [3.8, 4) is 0 Å². The molecule has 4 atom stereocenters. The second-order valence-electron chi connectivity index (χ2n) is 10.5. The predicted molar refractivity (Wildman–Crippen MR) is 139 cm³/mol. The molecule has 7 nitrogen and oxygen atoms in total. The Morgan fingerprint density at radius 2 is 1.78 bits per heavy atom. The van der Waals surface area contributed by atoms with Crippen molar-refractivity contribution in [2.24, 2.45) is 17.8 Å². The number of aliphatic hydroxyl groups is 1. The fraction of sp³-hybridized carbons (Fsp3) is 0.621. The maximum absolute atomic E-state index is 13.2. The van der Waals surface area contributed by atoms with Gasteiger partial charge in [0, 0.05) is 12.5 Å². The molecular formula is C29H42N2O5. The van der Waals surface area contributed by atoms with E-state index in [1.165, 1.54) is 19.3 Å². The molecule has 0 bridgehead atoms. The third-order valence-corrected chi connectivity index (χ3v) is 7.27. The van der Waals surface area contributed by atoms with E-state index in [1.807, 2.05) is 42.5 Å². The van der Waals surface area contributed by atoms with Crippen LogP contribution >= 0.6 is 0 Å². The summed E-state index contributed by atoms with van der Waals surface area (Å²) < 4.78 is 5.79. The van der Waals surface area contributed by atoms with Gasteiger partial charge in [-0.25, -0.2) is 0 Å². The predicted octanol–water partition coefficient (Wildman–Crippen LogP) is 3.70. The second kappa shape index (κ2) is 14.8. The molecule has 0 aromatic heterocycles. The summed E-state index contributed by atoms with van der Waals surface area (Å²) in [4.78, 5) is 38.8. The van der Waals surface area contributed by atoms with E-state index in [0.717, 1.165) is 24.8 Å². The highest BCUT2D eigenvalue weighted by atomic mass is 16.5. The van der Waals surface area contributed by atoms with Crippen LogP contribution in [0.3, 0.4) is 0 Å². The van der Waals surface area contributed by atoms with Gasteiger partial charge in [0.25, 0.3) is 0 Å². The van der Waals surface area contributed by atoms with E-state index in [9.17, 15) is 19.5 Å². The van der Waals surface area contributed by atoms with Crippen molar-refractivity contribution in [3.63, 3.8) is 0 Å². The number of cyclic esters (lactones) is 1. The largest absolute Gasteiger partial charge is 0.463 e. The molecule has 3 N–H and O–H groups in total. The molecule has 1 aromatic carbocycles. The monoisotopic (exact) mass is 498 g/mol. The first kappa shape index (κ1) is 27.9. The third-order valence-electron chi connectivity index (χ3n) is 7.27. The molecule has 1 saturated carbocycles. The van der Waals surface area contributed by atoms with Gasteiger partial charge in [-0.15, -0.1) is 0 Å². The third kappa shape index (κ3) is 9.41. The Morgan fingerprint density at radius 1 is 1.08 bits per heavy atom. The van der Waals surface area contributed by atoms with Crippen molar-refractivity contribution in [2.45, 2.75) is 83.2 Å². The van der Waals surface area contributed by atoms with E-state index in [0.29, 0.717) is 25.2 Å². The van der Waals surface area contributed by atoms with Gasteiger partial charge in [0.1, 0.15) is 6.61 Å². The summed E-state index contributed by atoms with van der Waals surface area (Å²) in [5.74, 6) is -1.01. The standard InChI is InChI=1S/C29H42N2O5/c1-21(19-32)30-27(33)18-24-14-8-9-15-25(16-22-10-4-2-5-11-22)29(35)36-20-26(31-28(24)34)17-23-12-6-3-7-13-23/h2,4-5,8-11,21,23-26,32H,3,6-7,12-20H2,1H3,(H,30,33)(H,31,34)/t21-,24+,25+,26-/m0/s1. The first-order chi connectivity index (χ1) is 17.4. The minimum Gasteiger partial charge on any atom is -0.463 e. The summed E-state index contributed by atoms with van der Waals surface area (Å²) in [6, 6.07) is 9.29. The first-order valence-electron chi connectivity index (χ1n) is 13.5. The lowest BCUT2D eigenvalue weighted by atomic mass is 9.84. The maximum atomic E-state index is 13.2. The van der Waals surface area contributed by atoms with Gasteiger partial charge < -0.3 is 20.5 Å². The molecule has 1 fully saturated rings. The van der Waals surface area contributed by atoms with E-state index < -0.39 is 5.92 Å². The van der Waals surface area contributed by atoms with Crippen LogP contribution in [0.4, 0.5) is 0 Å². The molecule has 1 aliphatic heterocycles. The second-order valence-corrected chi connectivity index (χ2v) is 10.5. The quantitative estimate of drug-likeness (QED) is 0.375. The normalized spacial score (nSPS) is 25.1. The van der Waals surface area contributed by atoms with Gasteiger partial charge in [-0.2, -0.15) is 0 Å². The van der Waals surface area contributed by atoms with Crippen LogP contribution in [0.5, 0.6) is 0 Å². The number of ether oxygens (including phenoxy) is 1. The molecule has 1 heterocycles. The number of carbonyl (C=O) groups is 3. The molecule has 0 spiro atoms. The number of esters is 1. The van der Waals surface area contributed by atoms with Crippen molar-refractivity contribution in [1.29, 1.82) is 0 Å². The topological polar surface area (TPSA) is 105 Å². The lowest BCUT2D eigenvalue weighted by molar-refractivity contribution is -0.150. The van der Waals surface area contributed by atoms with Crippen molar-refractivity contribution in [2.75, 3.05) is 13.2 Å². The number of benzene rings is 1. The number of rotatable bonds is 8. The average Bonchev–Trinajstić information content (AvgIpc) is 2.88. The summed E-state index contributed by atoms with van der Waals surface area (Å²) in [6.45, 7) is 1.72. The van der Waals surface area contributed by atoms with Gasteiger partial charge >= 0.3 is 5.97 Å². The van der Waals surface area contributed by atoms with Gasteiger partial charge in [0.2, 0.25) is 11.8 Å². The van der Waals surface area contributed by atoms with Crippen LogP contribution in [0.25, 0.3) is 0 Å². The van der Waals surface area contributed by atoms with E-state index in [1.54, 1.807) is 6.92 Å². The van der Waals surface area contributed by atoms with E-state index >= 15 is 0 Å². The van der Waals surface area contributed by atoms with Gasteiger partial charge in [0.05, 0.1) is 24.5 Å². The number of hydrogen-bond acceptors (Lipinski definition) is 5. The molecule has 0 saturated heterocycles. The van der Waals surface area contributed by atoms with Crippen LogP contribution in [-0.2, 0) is 25.5 Å². The number of carbonyl (C=O) groups excluding carboxylic acids is 3. The fourth-order valence-corrected chi connectivity index (χ4v) is 5.18. The maximum Gasteiger partial charge on any atom is 0.309 e. The van der Waals surface area contributed by atoms with Crippen LogP contribution < -0.4 is 10.6 Å². The number of hydrogen-bond donors (Lipinski definition) is 3. The van der Waals surface area contributed by atoms with Gasteiger partial charge in [0.15, 0.2) is 0 Å². The summed E-state index contributed by atoms with van der Waals surface area (Å²) in [6.07, 6.45) is 12.1. The molecule has 3 rings (SSSR count). The molecule has 198 valence electrons. The zero-order valence-electron chi connectivity index (χ0n) is 21.5. The Labute approximate surface area is 215 Å². The van der Waals surface area contributed by atoms with Crippen molar-refractivity contribution < 1.29 is 24.2 Å². The molecule has 36 heavy (non-hydrogen) atoms. The van der Waals surface area contributed by atoms with E-state index in [-0.39, 0.29) is 55.4 Å². The summed E-state index contributed by atoms with van der Waals surface area (Å²) in [7, 11) is 0. The van der Waals surface area contributed by atoms with Crippen LogP contribution in [0.15, 0.2) is 42.5 Å². The average molecular weight is 499 g/mol. The molecule has 2 amide bonds. The van der Waals surface area contributed by atoms with E-state index in [2.05, 4.69) is 10.6 Å². The lowest BCUT2D eigenvalue weighted by Crippen LogP contribution is -2.45. The summed E-state index contributed by atoms with van der Waals surface area (Å²) >= 11 is 0. The molecule has 1 aliphatic carbocycles. The van der Waals surface area contributed by atoms with Crippen molar-refractivity contribution in [3.05, 3.63) is 48.0 Å². The van der Waals surface area contributed by atoms with Crippen LogP contribution in [-0.4, -0.2) is 48.2 Å². The Hall–Kier alpha value is -2.67. The zero-order valence-corrected chi connectivity index (χ0v) is 21.5. The minimum absolute atomic E-state index is 0.0455. The van der Waals surface area contributed by atoms with Crippen LogP contribution in [0, 0.1) is 17.8 Å². The number of aliphatic hydroxyl groups excluding tert-OH is 1. The summed E-state index contributed by atoms with van der Waals surface area (Å²) in [5.41, 5.74) is 1.08. The number of amides is 2. The molecular weight excluding hydrogens is 456 g/mol. The summed E-state index contributed by atoms with van der Waals surface area (Å²) in [5, 5.41) is 15.1. The minimum atomic E-state index is -0.524. The lowest BCUT2D eigenvalue weighted by Gasteiger charge is -2.29. The molecule has 0 unspecified atom stereocenters. The molecule has 0 radical (unpaired) electrons. The fourth-order valence-electron chi connectivity index (χ4n) is 5.18. The van der Waals surface area contributed by atoms with Crippen LogP contribution in [0.1, 0.15) is 70.3 Å². The van der Waals surface area contributed by atoms with Crippen molar-refractivity contribution >= 4 is 17.8 Å². The van der Waals surface area contributed by atoms with E-state index in [4.69, 9.17) is 4.74 Å². The number of allylic oxidation sites excluding steroid dienone is 2. The van der Waals surface area contributed by atoms with Gasteiger partial charge in [-0.3, -0.25) is 14.4 Å².